The molecule has 1 aliphatic rings. The average Bonchev–Trinajstić information content (AvgIpc) is 1.80. The average molecular weight is 166 g/mol. The Balaban J connectivity index is 0.000000810. The van der Waals surface area contributed by atoms with Gasteiger partial charge in [-0.05, 0) is 25.2 Å². The van der Waals surface area contributed by atoms with E-state index < -0.39 is 0 Å². The van der Waals surface area contributed by atoms with E-state index in [0.717, 1.165) is 19.3 Å². The molecule has 0 radical (unpaired) electrons. The van der Waals surface area contributed by atoms with E-state index in [2.05, 4.69) is 6.92 Å². The molecule has 2 nitrogen and oxygen atoms in total. The molecule has 1 rings (SSSR count). The number of hydrogen-bond donors (Lipinski definition) is 2. The molecule has 0 heterocycles. The standard InChI is InChI=1S/C7H15NO.ClH/c1-5-4-6(8)2-3-7(5)9;/h5-7,9H,2-4,8H2,1H3;1H. The second-order valence-corrected chi connectivity index (χ2v) is 3.12. The van der Waals surface area contributed by atoms with Gasteiger partial charge >= 0.3 is 0 Å². The zero-order valence-electron chi connectivity index (χ0n) is 6.29. The lowest BCUT2D eigenvalue weighted by Gasteiger charge is -2.28. The van der Waals surface area contributed by atoms with E-state index >= 15 is 0 Å². The zero-order chi connectivity index (χ0) is 6.85. The minimum Gasteiger partial charge on any atom is -0.393 e. The van der Waals surface area contributed by atoms with Crippen molar-refractivity contribution >= 4 is 12.4 Å². The van der Waals surface area contributed by atoms with E-state index in [1.54, 1.807) is 0 Å². The summed E-state index contributed by atoms with van der Waals surface area (Å²) in [7, 11) is 0. The molecule has 3 atom stereocenters. The van der Waals surface area contributed by atoms with Crippen LogP contribution < -0.4 is 5.73 Å². The fourth-order valence-electron chi connectivity index (χ4n) is 1.42. The molecule has 0 bridgehead atoms. The van der Waals surface area contributed by atoms with Gasteiger partial charge in [0, 0.05) is 6.04 Å². The molecular weight excluding hydrogens is 150 g/mol. The molecule has 10 heavy (non-hydrogen) atoms. The highest BCUT2D eigenvalue weighted by atomic mass is 35.5. The minimum absolute atomic E-state index is 0. The van der Waals surface area contributed by atoms with Crippen LogP contribution in [0.5, 0.6) is 0 Å². The van der Waals surface area contributed by atoms with Gasteiger partial charge in [-0.15, -0.1) is 12.4 Å². The summed E-state index contributed by atoms with van der Waals surface area (Å²) in [6.45, 7) is 2.06. The Morgan fingerprint density at radius 1 is 1.40 bits per heavy atom. The molecule has 1 aliphatic carbocycles. The second-order valence-electron chi connectivity index (χ2n) is 3.12. The molecule has 62 valence electrons. The Bertz CT molecular complexity index is 99.6. The second kappa shape index (κ2) is 4.16. The van der Waals surface area contributed by atoms with E-state index in [0.29, 0.717) is 12.0 Å². The molecule has 1 saturated carbocycles. The summed E-state index contributed by atoms with van der Waals surface area (Å²) >= 11 is 0. The summed E-state index contributed by atoms with van der Waals surface area (Å²) in [5.74, 6) is 0.411. The van der Waals surface area contributed by atoms with Crippen molar-refractivity contribution in [3.63, 3.8) is 0 Å². The number of halogens is 1. The van der Waals surface area contributed by atoms with Gasteiger partial charge in [-0.3, -0.25) is 0 Å². The van der Waals surface area contributed by atoms with Gasteiger partial charge in [0.1, 0.15) is 0 Å². The number of aliphatic hydroxyl groups is 1. The first-order valence-corrected chi connectivity index (χ1v) is 3.64. The van der Waals surface area contributed by atoms with Crippen molar-refractivity contribution in [1.29, 1.82) is 0 Å². The first-order chi connectivity index (χ1) is 4.20. The maximum Gasteiger partial charge on any atom is 0.0566 e. The molecule has 1 fully saturated rings. The Labute approximate surface area is 68.2 Å². The summed E-state index contributed by atoms with van der Waals surface area (Å²) in [6.07, 6.45) is 2.78. The van der Waals surface area contributed by atoms with Crippen LogP contribution in [-0.2, 0) is 0 Å². The number of nitrogens with two attached hydrogens (primary N) is 1. The Kier molecular flexibility index (Phi) is 4.25. The SMILES string of the molecule is CC1CC(N)CCC1O.Cl. The molecule has 0 aliphatic heterocycles. The van der Waals surface area contributed by atoms with Crippen LogP contribution in [0.3, 0.4) is 0 Å². The highest BCUT2D eigenvalue weighted by Crippen LogP contribution is 2.22. The molecule has 0 aromatic rings. The van der Waals surface area contributed by atoms with Crippen molar-refractivity contribution in [2.75, 3.05) is 0 Å². The fourth-order valence-corrected chi connectivity index (χ4v) is 1.42. The van der Waals surface area contributed by atoms with Gasteiger partial charge in [0.25, 0.3) is 0 Å². The van der Waals surface area contributed by atoms with Crippen LogP contribution in [0, 0.1) is 5.92 Å². The summed E-state index contributed by atoms with van der Waals surface area (Å²) in [5, 5.41) is 9.24. The monoisotopic (exact) mass is 165 g/mol. The van der Waals surface area contributed by atoms with E-state index in [9.17, 15) is 5.11 Å². The fraction of sp³-hybridized carbons (Fsp3) is 1.00. The van der Waals surface area contributed by atoms with Crippen LogP contribution in [-0.4, -0.2) is 17.3 Å². The van der Waals surface area contributed by atoms with Crippen LogP contribution in [0.2, 0.25) is 0 Å². The predicted octanol–water partition coefficient (Wildman–Crippen LogP) is 0.916. The van der Waals surface area contributed by atoms with Crippen molar-refractivity contribution in [2.45, 2.75) is 38.3 Å². The highest BCUT2D eigenvalue weighted by molar-refractivity contribution is 5.85. The molecule has 0 amide bonds. The van der Waals surface area contributed by atoms with Gasteiger partial charge in [-0.25, -0.2) is 0 Å². The van der Waals surface area contributed by atoms with Gasteiger partial charge in [0.05, 0.1) is 6.10 Å². The number of aliphatic hydroxyl groups excluding tert-OH is 1. The largest absolute Gasteiger partial charge is 0.393 e. The molecule has 3 N–H and O–H groups in total. The molecule has 0 saturated heterocycles. The first kappa shape index (κ1) is 10.2. The molecule has 3 unspecified atom stereocenters. The van der Waals surface area contributed by atoms with Crippen molar-refractivity contribution < 1.29 is 5.11 Å². The molecule has 0 spiro atoms. The number of hydrogen-bond acceptors (Lipinski definition) is 2. The van der Waals surface area contributed by atoms with Gasteiger partial charge in [-0.1, -0.05) is 6.92 Å². The first-order valence-electron chi connectivity index (χ1n) is 3.64. The van der Waals surface area contributed by atoms with Crippen molar-refractivity contribution in [3.8, 4) is 0 Å². The zero-order valence-corrected chi connectivity index (χ0v) is 7.10. The van der Waals surface area contributed by atoms with Crippen molar-refractivity contribution in [3.05, 3.63) is 0 Å². The van der Waals surface area contributed by atoms with Gasteiger partial charge in [0.15, 0.2) is 0 Å². The third kappa shape index (κ3) is 2.45. The lowest BCUT2D eigenvalue weighted by Crippen LogP contribution is -2.34. The van der Waals surface area contributed by atoms with Gasteiger partial charge in [0.2, 0.25) is 0 Å². The normalized spacial score (nSPS) is 40.5. The summed E-state index contributed by atoms with van der Waals surface area (Å²) in [4.78, 5) is 0. The van der Waals surface area contributed by atoms with Crippen LogP contribution in [0.4, 0.5) is 0 Å². The van der Waals surface area contributed by atoms with Crippen LogP contribution in [0.25, 0.3) is 0 Å². The lowest BCUT2D eigenvalue weighted by molar-refractivity contribution is 0.0721. The summed E-state index contributed by atoms with van der Waals surface area (Å²) in [5.41, 5.74) is 5.68. The summed E-state index contributed by atoms with van der Waals surface area (Å²) < 4.78 is 0. The van der Waals surface area contributed by atoms with E-state index in [4.69, 9.17) is 5.73 Å². The van der Waals surface area contributed by atoms with Gasteiger partial charge in [-0.2, -0.15) is 0 Å². The topological polar surface area (TPSA) is 46.2 Å². The third-order valence-corrected chi connectivity index (χ3v) is 2.16. The van der Waals surface area contributed by atoms with E-state index in [1.165, 1.54) is 0 Å². The van der Waals surface area contributed by atoms with Crippen molar-refractivity contribution in [1.82, 2.24) is 0 Å². The van der Waals surface area contributed by atoms with E-state index in [-0.39, 0.29) is 18.5 Å². The van der Waals surface area contributed by atoms with Crippen LogP contribution in [0.1, 0.15) is 26.2 Å². The summed E-state index contributed by atoms with van der Waals surface area (Å²) in [6, 6.07) is 0.336. The molecule has 0 aromatic carbocycles. The third-order valence-electron chi connectivity index (χ3n) is 2.16. The Hall–Kier alpha value is 0.210. The maximum atomic E-state index is 9.24. The molecular formula is C7H16ClNO. The van der Waals surface area contributed by atoms with Crippen molar-refractivity contribution in [2.24, 2.45) is 11.7 Å². The van der Waals surface area contributed by atoms with Crippen LogP contribution >= 0.6 is 12.4 Å². The predicted molar refractivity (Wildman–Crippen MR) is 44.2 cm³/mol. The minimum atomic E-state index is -0.0928. The lowest BCUT2D eigenvalue weighted by atomic mass is 9.85. The van der Waals surface area contributed by atoms with Crippen LogP contribution in [0.15, 0.2) is 0 Å². The smallest absolute Gasteiger partial charge is 0.0566 e. The van der Waals surface area contributed by atoms with E-state index in [1.807, 2.05) is 0 Å². The highest BCUT2D eigenvalue weighted by Gasteiger charge is 2.22. The maximum absolute atomic E-state index is 9.24. The Morgan fingerprint density at radius 3 is 2.40 bits per heavy atom. The Morgan fingerprint density at radius 2 is 2.00 bits per heavy atom. The molecule has 0 aromatic heterocycles. The quantitative estimate of drug-likeness (QED) is 0.561. The molecule has 3 heteroatoms. The van der Waals surface area contributed by atoms with Gasteiger partial charge < -0.3 is 10.8 Å². The number of rotatable bonds is 0.